The molecule has 0 unspecified atom stereocenters. The molecule has 0 aromatic carbocycles. The molecule has 1 heterocycles. The van der Waals surface area contributed by atoms with Crippen molar-refractivity contribution in [1.82, 2.24) is 15.0 Å². The van der Waals surface area contributed by atoms with E-state index in [1.54, 1.807) is 7.11 Å². The number of nitrogens with one attached hydrogen (secondary N) is 1. The molecule has 0 saturated heterocycles. The zero-order valence-electron chi connectivity index (χ0n) is 10.9. The molecular formula is C11H20N4OS. The van der Waals surface area contributed by atoms with Crippen LogP contribution in [0.1, 0.15) is 26.1 Å². The normalized spacial score (nSPS) is 10.9. The lowest BCUT2D eigenvalue weighted by molar-refractivity contribution is 0.194. The third-order valence-corrected chi connectivity index (χ3v) is 2.56. The van der Waals surface area contributed by atoms with Gasteiger partial charge < -0.3 is 10.1 Å². The van der Waals surface area contributed by atoms with Crippen LogP contribution in [0, 0.1) is 0 Å². The number of nitrogens with zero attached hydrogens (tertiary/aromatic N) is 3. The summed E-state index contributed by atoms with van der Waals surface area (Å²) >= 11 is 1.53. The summed E-state index contributed by atoms with van der Waals surface area (Å²) in [6.45, 7) is 4.85. The van der Waals surface area contributed by atoms with E-state index in [-0.39, 0.29) is 0 Å². The molecule has 0 radical (unpaired) electrons. The smallest absolute Gasteiger partial charge is 0.227 e. The van der Waals surface area contributed by atoms with Crippen molar-refractivity contribution in [3.05, 3.63) is 5.82 Å². The van der Waals surface area contributed by atoms with Crippen LogP contribution >= 0.6 is 11.8 Å². The van der Waals surface area contributed by atoms with Crippen LogP contribution in [-0.4, -0.2) is 41.0 Å². The molecule has 96 valence electrons. The molecule has 17 heavy (non-hydrogen) atoms. The van der Waals surface area contributed by atoms with Gasteiger partial charge in [-0.1, -0.05) is 11.8 Å². The van der Waals surface area contributed by atoms with Crippen molar-refractivity contribution in [2.75, 3.05) is 25.3 Å². The summed E-state index contributed by atoms with van der Waals surface area (Å²) in [5.41, 5.74) is 0. The van der Waals surface area contributed by atoms with E-state index in [0.717, 1.165) is 30.4 Å². The van der Waals surface area contributed by atoms with Crippen LogP contribution in [0.15, 0.2) is 5.16 Å². The van der Waals surface area contributed by atoms with Crippen molar-refractivity contribution in [2.24, 2.45) is 0 Å². The Balaban J connectivity index is 2.74. The van der Waals surface area contributed by atoms with Crippen LogP contribution in [0.5, 0.6) is 0 Å². The van der Waals surface area contributed by atoms with E-state index >= 15 is 0 Å². The lowest BCUT2D eigenvalue weighted by Crippen LogP contribution is -2.14. The molecule has 1 aromatic rings. The molecule has 6 heteroatoms. The van der Waals surface area contributed by atoms with Gasteiger partial charge in [0.1, 0.15) is 5.82 Å². The third kappa shape index (κ3) is 5.32. The minimum Gasteiger partial charge on any atom is -0.385 e. The summed E-state index contributed by atoms with van der Waals surface area (Å²) in [7, 11) is 1.70. The Labute approximate surface area is 107 Å². The summed E-state index contributed by atoms with van der Waals surface area (Å²) in [4.78, 5) is 13.1. The first-order valence-corrected chi connectivity index (χ1v) is 6.92. The van der Waals surface area contributed by atoms with E-state index in [4.69, 9.17) is 4.74 Å². The monoisotopic (exact) mass is 256 g/mol. The van der Waals surface area contributed by atoms with Crippen molar-refractivity contribution < 1.29 is 4.74 Å². The topological polar surface area (TPSA) is 59.9 Å². The van der Waals surface area contributed by atoms with E-state index in [1.165, 1.54) is 11.8 Å². The van der Waals surface area contributed by atoms with Gasteiger partial charge >= 0.3 is 0 Å². The summed E-state index contributed by atoms with van der Waals surface area (Å²) in [5.74, 6) is 1.48. The molecule has 0 fully saturated rings. The third-order valence-electron chi connectivity index (χ3n) is 2.01. The van der Waals surface area contributed by atoms with Crippen LogP contribution in [0.2, 0.25) is 0 Å². The first-order chi connectivity index (χ1) is 8.15. The summed E-state index contributed by atoms with van der Waals surface area (Å²) in [5, 5.41) is 3.96. The van der Waals surface area contributed by atoms with Gasteiger partial charge in [0.15, 0.2) is 5.16 Å². The molecule has 5 nitrogen and oxygen atoms in total. The zero-order chi connectivity index (χ0) is 12.7. The molecule has 0 aliphatic heterocycles. The van der Waals surface area contributed by atoms with Crippen molar-refractivity contribution in [3.8, 4) is 0 Å². The number of anilines is 1. The molecule has 1 N–H and O–H groups in total. The second-order valence-corrected chi connectivity index (χ2v) is 4.73. The highest BCUT2D eigenvalue weighted by atomic mass is 32.2. The summed E-state index contributed by atoms with van der Waals surface area (Å²) < 4.78 is 5.02. The zero-order valence-corrected chi connectivity index (χ0v) is 11.7. The average molecular weight is 256 g/mol. The number of aryl methyl sites for hydroxylation is 1. The molecule has 0 aliphatic carbocycles. The Bertz CT molecular complexity index is 346. The van der Waals surface area contributed by atoms with Crippen molar-refractivity contribution in [3.63, 3.8) is 0 Å². The highest BCUT2D eigenvalue weighted by Crippen LogP contribution is 2.12. The largest absolute Gasteiger partial charge is 0.385 e. The SMILES string of the molecule is COCCCc1nc(NC(C)C)nc(SC)n1. The predicted octanol–water partition coefficient (Wildman–Crippen LogP) is 1.99. The van der Waals surface area contributed by atoms with Gasteiger partial charge in [0.25, 0.3) is 0 Å². The summed E-state index contributed by atoms with van der Waals surface area (Å²) in [6, 6.07) is 0.318. The standard InChI is InChI=1S/C11H20N4OS/c1-8(2)12-10-13-9(6-5-7-16-3)14-11(15-10)17-4/h8H,5-7H2,1-4H3,(H,12,13,14,15). The molecule has 0 spiro atoms. The number of methoxy groups -OCH3 is 1. The first kappa shape index (κ1) is 14.2. The van der Waals surface area contributed by atoms with Crippen LogP contribution < -0.4 is 5.32 Å². The van der Waals surface area contributed by atoms with Crippen molar-refractivity contribution in [1.29, 1.82) is 0 Å². The van der Waals surface area contributed by atoms with Crippen LogP contribution in [-0.2, 0) is 11.2 Å². The molecule has 1 aromatic heterocycles. The van der Waals surface area contributed by atoms with Crippen LogP contribution in [0.25, 0.3) is 0 Å². The Morgan fingerprint density at radius 1 is 1.29 bits per heavy atom. The maximum Gasteiger partial charge on any atom is 0.227 e. The highest BCUT2D eigenvalue weighted by molar-refractivity contribution is 7.98. The maximum absolute atomic E-state index is 5.02. The molecule has 0 aliphatic rings. The molecule has 0 bridgehead atoms. The molecule has 0 saturated carbocycles. The second kappa shape index (κ2) is 7.45. The van der Waals surface area contributed by atoms with Crippen LogP contribution in [0.3, 0.4) is 0 Å². The van der Waals surface area contributed by atoms with Crippen LogP contribution in [0.4, 0.5) is 5.95 Å². The number of thioether (sulfide) groups is 1. The van der Waals surface area contributed by atoms with E-state index in [1.807, 2.05) is 6.26 Å². The Kier molecular flexibility index (Phi) is 6.21. The number of hydrogen-bond donors (Lipinski definition) is 1. The first-order valence-electron chi connectivity index (χ1n) is 5.70. The van der Waals surface area contributed by atoms with Gasteiger partial charge in [-0.3, -0.25) is 0 Å². The molecule has 0 atom stereocenters. The van der Waals surface area contributed by atoms with E-state index in [0.29, 0.717) is 12.0 Å². The predicted molar refractivity (Wildman–Crippen MR) is 70.6 cm³/mol. The number of aromatic nitrogens is 3. The molecule has 1 rings (SSSR count). The van der Waals surface area contributed by atoms with Crippen molar-refractivity contribution >= 4 is 17.7 Å². The Morgan fingerprint density at radius 3 is 2.65 bits per heavy atom. The number of hydrogen-bond acceptors (Lipinski definition) is 6. The molecule has 0 amide bonds. The molecular weight excluding hydrogens is 236 g/mol. The van der Waals surface area contributed by atoms with Crippen molar-refractivity contribution in [2.45, 2.75) is 37.9 Å². The fraction of sp³-hybridized carbons (Fsp3) is 0.727. The van der Waals surface area contributed by atoms with Gasteiger partial charge in [0, 0.05) is 26.2 Å². The van der Waals surface area contributed by atoms with Gasteiger partial charge in [-0.15, -0.1) is 0 Å². The van der Waals surface area contributed by atoms with Gasteiger partial charge in [-0.05, 0) is 26.5 Å². The van der Waals surface area contributed by atoms with Gasteiger partial charge in [0.2, 0.25) is 5.95 Å². The lowest BCUT2D eigenvalue weighted by atomic mass is 10.3. The quantitative estimate of drug-likeness (QED) is 0.595. The number of ether oxygens (including phenoxy) is 1. The maximum atomic E-state index is 5.02. The van der Waals surface area contributed by atoms with Gasteiger partial charge in [-0.2, -0.15) is 9.97 Å². The van der Waals surface area contributed by atoms with Gasteiger partial charge in [-0.25, -0.2) is 4.98 Å². The Morgan fingerprint density at radius 2 is 2.06 bits per heavy atom. The average Bonchev–Trinajstić information content (AvgIpc) is 2.28. The minimum atomic E-state index is 0.318. The number of rotatable bonds is 7. The fourth-order valence-corrected chi connectivity index (χ4v) is 1.67. The van der Waals surface area contributed by atoms with E-state index in [2.05, 4.69) is 34.1 Å². The van der Waals surface area contributed by atoms with E-state index in [9.17, 15) is 0 Å². The highest BCUT2D eigenvalue weighted by Gasteiger charge is 2.06. The summed E-state index contributed by atoms with van der Waals surface area (Å²) in [6.07, 6.45) is 3.71. The lowest BCUT2D eigenvalue weighted by Gasteiger charge is -2.10. The van der Waals surface area contributed by atoms with E-state index < -0.39 is 0 Å². The second-order valence-electron chi connectivity index (χ2n) is 3.96. The minimum absolute atomic E-state index is 0.318. The van der Waals surface area contributed by atoms with Gasteiger partial charge in [0.05, 0.1) is 0 Å². The Hall–Kier alpha value is -0.880. The fourth-order valence-electron chi connectivity index (χ4n) is 1.30.